The predicted octanol–water partition coefficient (Wildman–Crippen LogP) is 5.15. The van der Waals surface area contributed by atoms with E-state index in [4.69, 9.17) is 23.2 Å². The number of halogens is 2. The molecule has 1 heterocycles. The first-order valence-electron chi connectivity index (χ1n) is 11.2. The van der Waals surface area contributed by atoms with Crippen LogP contribution in [0.3, 0.4) is 0 Å². The standard InChI is InChI=1S/C25H27Cl2N3O4S2/c1-16(2)13-20(30-25(32)22-14-17-7-3-4-8-21(17)35-22)24(31)28-11-5-6-12-29-36(33,34)23-10-9-18(26)15-19(23)27/h3-4,7-10,14-15,20,29H,1,5-6,11-13H2,2H3,(H,28,31)(H,30,32)/t20-/m0/s1. The summed E-state index contributed by atoms with van der Waals surface area (Å²) in [5.41, 5.74) is 0.766. The van der Waals surface area contributed by atoms with Gasteiger partial charge in [0.1, 0.15) is 10.9 Å². The first kappa shape index (κ1) is 28.1. The Bertz CT molecular complexity index is 1340. The number of carbonyl (C=O) groups excluding carboxylic acids is 2. The molecule has 0 fully saturated rings. The van der Waals surface area contributed by atoms with Crippen molar-refractivity contribution in [3.05, 3.63) is 75.6 Å². The van der Waals surface area contributed by atoms with E-state index < -0.39 is 16.1 Å². The van der Waals surface area contributed by atoms with Crippen molar-refractivity contribution in [2.75, 3.05) is 13.1 Å². The smallest absolute Gasteiger partial charge is 0.262 e. The maximum Gasteiger partial charge on any atom is 0.262 e. The Morgan fingerprint density at radius 2 is 1.78 bits per heavy atom. The van der Waals surface area contributed by atoms with Crippen LogP contribution in [-0.4, -0.2) is 39.4 Å². The van der Waals surface area contributed by atoms with Gasteiger partial charge in [-0.25, -0.2) is 13.1 Å². The minimum Gasteiger partial charge on any atom is -0.354 e. The molecule has 2 aromatic carbocycles. The van der Waals surface area contributed by atoms with E-state index in [1.54, 1.807) is 6.92 Å². The van der Waals surface area contributed by atoms with Crippen LogP contribution in [0.15, 0.2) is 65.6 Å². The lowest BCUT2D eigenvalue weighted by molar-refractivity contribution is -0.122. The maximum absolute atomic E-state index is 12.8. The second kappa shape index (κ2) is 12.7. The summed E-state index contributed by atoms with van der Waals surface area (Å²) in [6.07, 6.45) is 1.33. The molecule has 3 N–H and O–H groups in total. The van der Waals surface area contributed by atoms with E-state index in [9.17, 15) is 18.0 Å². The third kappa shape index (κ3) is 7.78. The summed E-state index contributed by atoms with van der Waals surface area (Å²) in [5.74, 6) is -0.631. The Hall–Kier alpha value is -2.43. The number of hydrogen-bond acceptors (Lipinski definition) is 5. The van der Waals surface area contributed by atoms with Crippen molar-refractivity contribution in [3.8, 4) is 0 Å². The van der Waals surface area contributed by atoms with Crippen LogP contribution in [0.25, 0.3) is 10.1 Å². The third-order valence-electron chi connectivity index (χ3n) is 5.20. The molecule has 0 spiro atoms. The number of hydrogen-bond donors (Lipinski definition) is 3. The van der Waals surface area contributed by atoms with E-state index in [1.807, 2.05) is 30.3 Å². The normalized spacial score (nSPS) is 12.3. The summed E-state index contributed by atoms with van der Waals surface area (Å²) in [5, 5.41) is 6.99. The molecule has 7 nitrogen and oxygen atoms in total. The fourth-order valence-corrected chi connectivity index (χ4v) is 6.25. The van der Waals surface area contributed by atoms with Gasteiger partial charge in [0.05, 0.1) is 9.90 Å². The van der Waals surface area contributed by atoms with Crippen molar-refractivity contribution >= 4 is 66.5 Å². The molecule has 3 aromatic rings. The summed E-state index contributed by atoms with van der Waals surface area (Å²) in [4.78, 5) is 26.0. The minimum atomic E-state index is -3.77. The predicted molar refractivity (Wildman–Crippen MR) is 146 cm³/mol. The Kier molecular flexibility index (Phi) is 9.92. The van der Waals surface area contributed by atoms with Gasteiger partial charge in [-0.3, -0.25) is 9.59 Å². The second-order valence-electron chi connectivity index (χ2n) is 8.31. The largest absolute Gasteiger partial charge is 0.354 e. The highest BCUT2D eigenvalue weighted by Gasteiger charge is 2.22. The molecule has 0 aliphatic carbocycles. The van der Waals surface area contributed by atoms with E-state index >= 15 is 0 Å². The molecule has 3 rings (SSSR count). The number of amides is 2. The zero-order valence-electron chi connectivity index (χ0n) is 19.6. The van der Waals surface area contributed by atoms with E-state index in [0.29, 0.717) is 35.7 Å². The number of carbonyl (C=O) groups is 2. The minimum absolute atomic E-state index is 0.0427. The van der Waals surface area contributed by atoms with Gasteiger partial charge in [-0.05, 0) is 61.9 Å². The van der Waals surface area contributed by atoms with Gasteiger partial charge in [0.25, 0.3) is 5.91 Å². The van der Waals surface area contributed by atoms with E-state index in [1.165, 1.54) is 29.5 Å². The molecule has 0 aliphatic rings. The van der Waals surface area contributed by atoms with E-state index in [0.717, 1.165) is 15.7 Å². The molecular weight excluding hydrogens is 541 g/mol. The highest BCUT2D eigenvalue weighted by atomic mass is 35.5. The molecule has 0 bridgehead atoms. The number of sulfonamides is 1. The van der Waals surface area contributed by atoms with Crippen molar-refractivity contribution in [2.45, 2.75) is 37.1 Å². The molecular formula is C25H27Cl2N3O4S2. The van der Waals surface area contributed by atoms with Gasteiger partial charge in [0.15, 0.2) is 0 Å². The van der Waals surface area contributed by atoms with Gasteiger partial charge in [-0.15, -0.1) is 17.9 Å². The molecule has 0 saturated heterocycles. The molecule has 2 amide bonds. The summed E-state index contributed by atoms with van der Waals surface area (Å²) in [6, 6.07) is 12.9. The lowest BCUT2D eigenvalue weighted by Gasteiger charge is -2.18. The van der Waals surface area contributed by atoms with Gasteiger partial charge >= 0.3 is 0 Å². The van der Waals surface area contributed by atoms with Crippen LogP contribution in [0.1, 0.15) is 35.9 Å². The van der Waals surface area contributed by atoms with Crippen LogP contribution in [0.4, 0.5) is 0 Å². The summed E-state index contributed by atoms with van der Waals surface area (Å²) in [7, 11) is -3.77. The summed E-state index contributed by atoms with van der Waals surface area (Å²) in [6.45, 7) is 6.16. The molecule has 1 atom stereocenters. The van der Waals surface area contributed by atoms with Crippen LogP contribution in [0.5, 0.6) is 0 Å². The van der Waals surface area contributed by atoms with Crippen LogP contribution in [-0.2, 0) is 14.8 Å². The van der Waals surface area contributed by atoms with E-state index in [2.05, 4.69) is 21.9 Å². The average Bonchev–Trinajstić information content (AvgIpc) is 3.24. The molecule has 0 aliphatic heterocycles. The molecule has 0 radical (unpaired) electrons. The first-order chi connectivity index (χ1) is 17.1. The molecule has 11 heteroatoms. The highest BCUT2D eigenvalue weighted by molar-refractivity contribution is 7.89. The molecule has 0 saturated carbocycles. The highest BCUT2D eigenvalue weighted by Crippen LogP contribution is 2.26. The quantitative estimate of drug-likeness (QED) is 0.208. The zero-order chi connectivity index (χ0) is 26.3. The lowest BCUT2D eigenvalue weighted by Crippen LogP contribution is -2.47. The molecule has 0 unspecified atom stereocenters. The van der Waals surface area contributed by atoms with Gasteiger partial charge in [-0.1, -0.05) is 47.0 Å². The topological polar surface area (TPSA) is 104 Å². The van der Waals surface area contributed by atoms with Gasteiger partial charge in [0.2, 0.25) is 15.9 Å². The monoisotopic (exact) mass is 567 g/mol. The van der Waals surface area contributed by atoms with Crippen LogP contribution >= 0.6 is 34.5 Å². The van der Waals surface area contributed by atoms with E-state index in [-0.39, 0.29) is 28.3 Å². The van der Waals surface area contributed by atoms with Gasteiger partial charge in [-0.2, -0.15) is 0 Å². The second-order valence-corrected chi connectivity index (χ2v) is 12.0. The Balaban J connectivity index is 1.47. The first-order valence-corrected chi connectivity index (χ1v) is 14.3. The van der Waals surface area contributed by atoms with Crippen molar-refractivity contribution in [2.24, 2.45) is 0 Å². The fourth-order valence-electron chi connectivity index (χ4n) is 3.44. The average molecular weight is 569 g/mol. The molecule has 36 heavy (non-hydrogen) atoms. The Morgan fingerprint density at radius 1 is 1.06 bits per heavy atom. The van der Waals surface area contributed by atoms with Crippen LogP contribution < -0.4 is 15.4 Å². The fraction of sp³-hybridized carbons (Fsp3) is 0.280. The molecule has 192 valence electrons. The van der Waals surface area contributed by atoms with Crippen molar-refractivity contribution < 1.29 is 18.0 Å². The molecule has 1 aromatic heterocycles. The number of rotatable bonds is 12. The summed E-state index contributed by atoms with van der Waals surface area (Å²) < 4.78 is 28.3. The van der Waals surface area contributed by atoms with Crippen LogP contribution in [0, 0.1) is 0 Å². The summed E-state index contributed by atoms with van der Waals surface area (Å²) >= 11 is 13.2. The third-order valence-corrected chi connectivity index (χ3v) is 8.50. The maximum atomic E-state index is 12.8. The SMILES string of the molecule is C=C(C)C[C@H](NC(=O)c1cc2ccccc2s1)C(=O)NCCCCNS(=O)(=O)c1ccc(Cl)cc1Cl. The zero-order valence-corrected chi connectivity index (χ0v) is 22.8. The number of nitrogens with one attached hydrogen (secondary N) is 3. The Morgan fingerprint density at radius 3 is 2.47 bits per heavy atom. The van der Waals surface area contributed by atoms with Crippen molar-refractivity contribution in [3.63, 3.8) is 0 Å². The van der Waals surface area contributed by atoms with Gasteiger partial charge in [0, 0.05) is 22.8 Å². The number of fused-ring (bicyclic) bond motifs is 1. The Labute approximate surface area is 224 Å². The number of thiophene rings is 1. The van der Waals surface area contributed by atoms with Crippen molar-refractivity contribution in [1.29, 1.82) is 0 Å². The van der Waals surface area contributed by atoms with Crippen LogP contribution in [0.2, 0.25) is 10.0 Å². The number of unbranched alkanes of at least 4 members (excludes halogenated alkanes) is 1. The number of benzene rings is 2. The lowest BCUT2D eigenvalue weighted by atomic mass is 10.1. The van der Waals surface area contributed by atoms with Gasteiger partial charge < -0.3 is 10.6 Å². The van der Waals surface area contributed by atoms with Crippen molar-refractivity contribution in [1.82, 2.24) is 15.4 Å².